The topological polar surface area (TPSA) is 40.5 Å². The van der Waals surface area contributed by atoms with Crippen LogP contribution in [-0.2, 0) is 4.79 Å². The predicted molar refractivity (Wildman–Crippen MR) is 62.9 cm³/mol. The highest BCUT2D eigenvalue weighted by Crippen LogP contribution is 2.38. The van der Waals surface area contributed by atoms with Gasteiger partial charge >= 0.3 is 0 Å². The molecule has 0 spiro atoms. The van der Waals surface area contributed by atoms with Crippen molar-refractivity contribution < 1.29 is 9.90 Å². The quantitative estimate of drug-likeness (QED) is 0.793. The summed E-state index contributed by atoms with van der Waals surface area (Å²) in [5, 5.41) is 9.81. The van der Waals surface area contributed by atoms with E-state index in [0.717, 1.165) is 38.8 Å². The number of fused-ring (bicyclic) bond motifs is 1. The maximum absolute atomic E-state index is 12.2. The Morgan fingerprint density at radius 2 is 2.00 bits per heavy atom. The first kappa shape index (κ1) is 11.9. The van der Waals surface area contributed by atoms with Gasteiger partial charge in [-0.3, -0.25) is 4.79 Å². The summed E-state index contributed by atoms with van der Waals surface area (Å²) in [4.78, 5) is 14.2. The second-order valence-corrected chi connectivity index (χ2v) is 5.33. The molecule has 1 saturated carbocycles. The molecule has 1 aliphatic carbocycles. The molecule has 3 atom stereocenters. The van der Waals surface area contributed by atoms with Gasteiger partial charge in [0.25, 0.3) is 0 Å². The van der Waals surface area contributed by atoms with Crippen molar-refractivity contribution >= 4 is 5.91 Å². The molecule has 16 heavy (non-hydrogen) atoms. The minimum Gasteiger partial charge on any atom is -0.393 e. The molecule has 1 amide bonds. The van der Waals surface area contributed by atoms with Crippen LogP contribution in [0, 0.1) is 17.8 Å². The van der Waals surface area contributed by atoms with Crippen LogP contribution in [0.3, 0.4) is 0 Å². The molecule has 2 fully saturated rings. The lowest BCUT2D eigenvalue weighted by Gasteiger charge is -2.23. The van der Waals surface area contributed by atoms with Crippen molar-refractivity contribution in [2.24, 2.45) is 17.8 Å². The van der Waals surface area contributed by atoms with E-state index in [1.54, 1.807) is 0 Å². The molecule has 3 nitrogen and oxygen atoms in total. The molecule has 3 heteroatoms. The Balaban J connectivity index is 1.96. The number of rotatable bonds is 3. The van der Waals surface area contributed by atoms with E-state index in [1.807, 2.05) is 4.90 Å². The van der Waals surface area contributed by atoms with Crippen molar-refractivity contribution in [3.8, 4) is 0 Å². The number of hydrogen-bond acceptors (Lipinski definition) is 2. The summed E-state index contributed by atoms with van der Waals surface area (Å²) in [6.45, 7) is 5.84. The average molecular weight is 225 g/mol. The Morgan fingerprint density at radius 1 is 1.31 bits per heavy atom. The van der Waals surface area contributed by atoms with E-state index >= 15 is 0 Å². The largest absolute Gasteiger partial charge is 0.393 e. The van der Waals surface area contributed by atoms with Gasteiger partial charge in [-0.1, -0.05) is 13.8 Å². The van der Waals surface area contributed by atoms with Gasteiger partial charge < -0.3 is 10.0 Å². The van der Waals surface area contributed by atoms with E-state index in [-0.39, 0.29) is 12.0 Å². The van der Waals surface area contributed by atoms with Crippen molar-refractivity contribution in [1.82, 2.24) is 4.90 Å². The minimum absolute atomic E-state index is 0.162. The summed E-state index contributed by atoms with van der Waals surface area (Å²) in [7, 11) is 0. The Hall–Kier alpha value is -0.570. The SMILES string of the molecule is CCC(CC)C(=O)N1C[C@@H]2CC[C@@H](O)[C@@H]2C1. The van der Waals surface area contributed by atoms with Crippen molar-refractivity contribution in [1.29, 1.82) is 0 Å². The molecule has 92 valence electrons. The molecular formula is C13H23NO2. The third-order valence-corrected chi connectivity index (χ3v) is 4.47. The van der Waals surface area contributed by atoms with Gasteiger partial charge in [-0.2, -0.15) is 0 Å². The van der Waals surface area contributed by atoms with Gasteiger partial charge in [0.1, 0.15) is 0 Å². The molecule has 1 saturated heterocycles. The maximum Gasteiger partial charge on any atom is 0.225 e. The van der Waals surface area contributed by atoms with Crippen LogP contribution in [0.5, 0.6) is 0 Å². The molecule has 1 heterocycles. The standard InChI is InChI=1S/C13H23NO2/c1-3-9(4-2)13(16)14-7-10-5-6-12(15)11(10)8-14/h9-12,15H,3-8H2,1-2H3/t10-,11+,12+/m0/s1. The summed E-state index contributed by atoms with van der Waals surface area (Å²) in [6, 6.07) is 0. The normalized spacial score (nSPS) is 33.5. The Bertz CT molecular complexity index is 263. The number of nitrogens with zero attached hydrogens (tertiary/aromatic N) is 1. The molecular weight excluding hydrogens is 202 g/mol. The average Bonchev–Trinajstić information content (AvgIpc) is 2.83. The minimum atomic E-state index is -0.162. The van der Waals surface area contributed by atoms with Crippen molar-refractivity contribution in [2.75, 3.05) is 13.1 Å². The number of likely N-dealkylation sites (tertiary alicyclic amines) is 1. The molecule has 2 aliphatic rings. The number of carbonyl (C=O) groups excluding carboxylic acids is 1. The van der Waals surface area contributed by atoms with E-state index in [1.165, 1.54) is 0 Å². The Kier molecular flexibility index (Phi) is 3.53. The first-order chi connectivity index (χ1) is 7.67. The van der Waals surface area contributed by atoms with Crippen LogP contribution in [0.1, 0.15) is 39.5 Å². The Labute approximate surface area is 97.8 Å². The van der Waals surface area contributed by atoms with Crippen LogP contribution in [0.15, 0.2) is 0 Å². The van der Waals surface area contributed by atoms with E-state index in [4.69, 9.17) is 0 Å². The van der Waals surface area contributed by atoms with Gasteiger partial charge in [0.15, 0.2) is 0 Å². The molecule has 1 aliphatic heterocycles. The van der Waals surface area contributed by atoms with Crippen LogP contribution < -0.4 is 0 Å². The van der Waals surface area contributed by atoms with Gasteiger partial charge in [-0.15, -0.1) is 0 Å². The molecule has 1 N–H and O–H groups in total. The zero-order valence-corrected chi connectivity index (χ0v) is 10.4. The van der Waals surface area contributed by atoms with Crippen LogP contribution >= 0.6 is 0 Å². The third kappa shape index (κ3) is 1.97. The molecule has 0 aromatic rings. The lowest BCUT2D eigenvalue weighted by Crippen LogP contribution is -2.35. The first-order valence-electron chi connectivity index (χ1n) is 6.64. The maximum atomic E-state index is 12.2. The fraction of sp³-hybridized carbons (Fsp3) is 0.923. The third-order valence-electron chi connectivity index (χ3n) is 4.47. The Morgan fingerprint density at radius 3 is 2.56 bits per heavy atom. The number of aliphatic hydroxyl groups is 1. The second-order valence-electron chi connectivity index (χ2n) is 5.33. The van der Waals surface area contributed by atoms with Gasteiger partial charge in [0.2, 0.25) is 5.91 Å². The molecule has 0 aromatic heterocycles. The summed E-state index contributed by atoms with van der Waals surface area (Å²) in [5.41, 5.74) is 0. The van der Waals surface area contributed by atoms with Crippen molar-refractivity contribution in [3.63, 3.8) is 0 Å². The lowest BCUT2D eigenvalue weighted by atomic mass is 10.00. The van der Waals surface area contributed by atoms with Crippen molar-refractivity contribution in [2.45, 2.75) is 45.6 Å². The van der Waals surface area contributed by atoms with Crippen LogP contribution in [0.25, 0.3) is 0 Å². The lowest BCUT2D eigenvalue weighted by molar-refractivity contribution is -0.135. The summed E-state index contributed by atoms with van der Waals surface area (Å²) < 4.78 is 0. The zero-order chi connectivity index (χ0) is 11.7. The summed E-state index contributed by atoms with van der Waals surface area (Å²) in [6.07, 6.45) is 3.73. The van der Waals surface area contributed by atoms with Crippen LogP contribution in [0.4, 0.5) is 0 Å². The van der Waals surface area contributed by atoms with E-state index in [2.05, 4.69) is 13.8 Å². The molecule has 0 unspecified atom stereocenters. The number of amides is 1. The van der Waals surface area contributed by atoms with E-state index in [0.29, 0.717) is 17.7 Å². The van der Waals surface area contributed by atoms with Gasteiger partial charge in [-0.25, -0.2) is 0 Å². The molecule has 0 aromatic carbocycles. The first-order valence-corrected chi connectivity index (χ1v) is 6.64. The van der Waals surface area contributed by atoms with Crippen LogP contribution in [0.2, 0.25) is 0 Å². The zero-order valence-electron chi connectivity index (χ0n) is 10.4. The highest BCUT2D eigenvalue weighted by Gasteiger charge is 2.43. The van der Waals surface area contributed by atoms with E-state index in [9.17, 15) is 9.90 Å². The summed E-state index contributed by atoms with van der Waals surface area (Å²) in [5.74, 6) is 1.43. The second kappa shape index (κ2) is 4.74. The van der Waals surface area contributed by atoms with Crippen LogP contribution in [-0.4, -0.2) is 35.1 Å². The highest BCUT2D eigenvalue weighted by atomic mass is 16.3. The highest BCUT2D eigenvalue weighted by molar-refractivity contribution is 5.79. The van der Waals surface area contributed by atoms with Gasteiger partial charge in [-0.05, 0) is 31.6 Å². The van der Waals surface area contributed by atoms with Gasteiger partial charge in [0.05, 0.1) is 6.10 Å². The summed E-state index contributed by atoms with van der Waals surface area (Å²) >= 11 is 0. The fourth-order valence-electron chi connectivity index (χ4n) is 3.31. The van der Waals surface area contributed by atoms with Crippen molar-refractivity contribution in [3.05, 3.63) is 0 Å². The van der Waals surface area contributed by atoms with Gasteiger partial charge in [0, 0.05) is 24.9 Å². The van der Waals surface area contributed by atoms with E-state index < -0.39 is 0 Å². The number of aliphatic hydroxyl groups excluding tert-OH is 1. The fourth-order valence-corrected chi connectivity index (χ4v) is 3.31. The monoisotopic (exact) mass is 225 g/mol. The molecule has 0 bridgehead atoms. The smallest absolute Gasteiger partial charge is 0.225 e. The predicted octanol–water partition coefficient (Wildman–Crippen LogP) is 1.65. The number of carbonyl (C=O) groups is 1. The number of hydrogen-bond donors (Lipinski definition) is 1. The molecule has 2 rings (SSSR count). The molecule has 0 radical (unpaired) electrons.